The second-order valence-electron chi connectivity index (χ2n) is 5.54. The Balaban J connectivity index is 1.76. The molecule has 0 aliphatic carbocycles. The largest absolute Gasteiger partial charge is 0.376 e. The fraction of sp³-hybridized carbons (Fsp3) is 0.100. The fourth-order valence-electron chi connectivity index (χ4n) is 2.42. The van der Waals surface area contributed by atoms with Crippen LogP contribution in [0.3, 0.4) is 0 Å². The van der Waals surface area contributed by atoms with Crippen molar-refractivity contribution in [1.29, 1.82) is 0 Å². The normalized spacial score (nSPS) is 12.4. The number of fused-ring (bicyclic) bond motifs is 1. The minimum Gasteiger partial charge on any atom is -0.376 e. The summed E-state index contributed by atoms with van der Waals surface area (Å²) >= 11 is 3.27. The summed E-state index contributed by atoms with van der Waals surface area (Å²) in [5, 5.41) is 12.3. The van der Waals surface area contributed by atoms with Crippen molar-refractivity contribution in [2.24, 2.45) is 0 Å². The zero-order valence-electron chi connectivity index (χ0n) is 13.2. The van der Waals surface area contributed by atoms with Crippen LogP contribution in [-0.4, -0.2) is 19.3 Å². The van der Waals surface area contributed by atoms with Crippen LogP contribution in [-0.2, 0) is 9.84 Å². The van der Waals surface area contributed by atoms with Gasteiger partial charge in [-0.25, -0.2) is 8.42 Å². The third kappa shape index (κ3) is 4.29. The van der Waals surface area contributed by atoms with Crippen LogP contribution < -0.4 is 0 Å². The number of rotatable bonds is 3. The molecule has 3 aromatic carbocycles. The number of hydrogen-bond acceptors (Lipinski definition) is 3. The predicted molar refractivity (Wildman–Crippen MR) is 103 cm³/mol. The van der Waals surface area contributed by atoms with E-state index in [4.69, 9.17) is 0 Å². The van der Waals surface area contributed by atoms with Gasteiger partial charge in [0.1, 0.15) is 11.9 Å². The molecule has 3 nitrogen and oxygen atoms in total. The van der Waals surface area contributed by atoms with Gasteiger partial charge < -0.3 is 5.11 Å². The van der Waals surface area contributed by atoms with Gasteiger partial charge in [0.25, 0.3) is 0 Å². The monoisotopic (exact) mass is 414 g/mol. The number of aliphatic hydroxyl groups is 1. The zero-order chi connectivity index (χ0) is 17.9. The van der Waals surface area contributed by atoms with Crippen LogP contribution in [0.25, 0.3) is 10.8 Å². The van der Waals surface area contributed by atoms with Gasteiger partial charge in [0.15, 0.2) is 9.84 Å². The predicted octanol–water partition coefficient (Wildman–Crippen LogP) is 4.11. The molecule has 0 aliphatic rings. The van der Waals surface area contributed by atoms with E-state index in [2.05, 4.69) is 27.8 Å². The summed E-state index contributed by atoms with van der Waals surface area (Å²) in [6.45, 7) is 0. The Morgan fingerprint density at radius 2 is 1.64 bits per heavy atom. The molecule has 1 N–H and O–H groups in total. The Hall–Kier alpha value is -2.13. The van der Waals surface area contributed by atoms with Crippen molar-refractivity contribution in [2.75, 3.05) is 5.75 Å². The maximum absolute atomic E-state index is 12.2. The number of benzene rings is 3. The van der Waals surface area contributed by atoms with Crippen LogP contribution in [0, 0.1) is 11.8 Å². The molecule has 126 valence electrons. The molecule has 0 heterocycles. The minimum atomic E-state index is -3.50. The van der Waals surface area contributed by atoms with Crippen molar-refractivity contribution in [3.63, 3.8) is 0 Å². The van der Waals surface area contributed by atoms with Crippen LogP contribution in [0.15, 0.2) is 76.1 Å². The highest BCUT2D eigenvalue weighted by atomic mass is 79.9. The number of aliphatic hydroxyl groups excluding tert-OH is 1. The van der Waals surface area contributed by atoms with E-state index in [-0.39, 0.29) is 10.6 Å². The van der Waals surface area contributed by atoms with Crippen LogP contribution >= 0.6 is 15.9 Å². The summed E-state index contributed by atoms with van der Waals surface area (Å²) in [7, 11) is -3.50. The van der Waals surface area contributed by atoms with E-state index in [1.165, 1.54) is 12.1 Å². The topological polar surface area (TPSA) is 54.4 Å². The number of hydrogen-bond donors (Lipinski definition) is 1. The van der Waals surface area contributed by atoms with E-state index < -0.39 is 15.9 Å². The molecule has 0 fully saturated rings. The van der Waals surface area contributed by atoms with Gasteiger partial charge in [-0.1, -0.05) is 64.2 Å². The van der Waals surface area contributed by atoms with E-state index >= 15 is 0 Å². The number of sulfone groups is 1. The first-order chi connectivity index (χ1) is 12.0. The Kier molecular flexibility index (Phi) is 5.24. The van der Waals surface area contributed by atoms with E-state index in [0.717, 1.165) is 15.2 Å². The van der Waals surface area contributed by atoms with Crippen molar-refractivity contribution in [3.8, 4) is 11.8 Å². The highest BCUT2D eigenvalue weighted by Crippen LogP contribution is 2.20. The van der Waals surface area contributed by atoms with Gasteiger partial charge in [-0.05, 0) is 46.7 Å². The molecule has 5 heteroatoms. The molecule has 25 heavy (non-hydrogen) atoms. The van der Waals surface area contributed by atoms with Gasteiger partial charge in [0.2, 0.25) is 0 Å². The molecule has 0 aliphatic heterocycles. The molecular weight excluding hydrogens is 400 g/mol. The van der Waals surface area contributed by atoms with Crippen molar-refractivity contribution >= 4 is 36.5 Å². The van der Waals surface area contributed by atoms with Crippen LogP contribution in [0.4, 0.5) is 0 Å². The lowest BCUT2D eigenvalue weighted by Crippen LogP contribution is -2.05. The molecule has 0 saturated carbocycles. The maximum atomic E-state index is 12.2. The third-order valence-corrected chi connectivity index (χ3v) is 5.81. The minimum absolute atomic E-state index is 0.213. The van der Waals surface area contributed by atoms with E-state index in [1.807, 2.05) is 36.4 Å². The molecule has 0 saturated heterocycles. The van der Waals surface area contributed by atoms with E-state index in [0.29, 0.717) is 5.56 Å². The molecule has 1 unspecified atom stereocenters. The third-order valence-electron chi connectivity index (χ3n) is 3.76. The summed E-state index contributed by atoms with van der Waals surface area (Å²) in [5.41, 5.74) is 0.646. The van der Waals surface area contributed by atoms with Gasteiger partial charge in [0.05, 0.1) is 4.90 Å². The Bertz CT molecular complexity index is 1060. The average Bonchev–Trinajstić information content (AvgIpc) is 2.61. The molecule has 0 spiro atoms. The number of halogens is 1. The molecule has 0 aromatic heterocycles. The van der Waals surface area contributed by atoms with Crippen LogP contribution in [0.5, 0.6) is 0 Å². The lowest BCUT2D eigenvalue weighted by molar-refractivity contribution is 0.238. The molecule has 1 atom stereocenters. The summed E-state index contributed by atoms with van der Waals surface area (Å²) in [6, 6.07) is 19.8. The van der Waals surface area contributed by atoms with Gasteiger partial charge in [-0.15, -0.1) is 0 Å². The first-order valence-corrected chi connectivity index (χ1v) is 10.0. The standard InChI is InChI=1S/C20H15BrO3S/c21-18-9-11-19(12-10-18)25(23,24)13-3-6-20(22)17-8-7-15-4-1-2-5-16(15)14-17/h1-2,4-5,7-12,14,20,22H,13H2. The van der Waals surface area contributed by atoms with Crippen molar-refractivity contribution < 1.29 is 13.5 Å². The molecule has 0 amide bonds. The van der Waals surface area contributed by atoms with E-state index in [9.17, 15) is 13.5 Å². The molecule has 0 bridgehead atoms. The molecular formula is C20H15BrO3S. The van der Waals surface area contributed by atoms with Crippen LogP contribution in [0.2, 0.25) is 0 Å². The van der Waals surface area contributed by atoms with Crippen LogP contribution in [0.1, 0.15) is 11.7 Å². The summed E-state index contributed by atoms with van der Waals surface area (Å²) < 4.78 is 25.3. The summed E-state index contributed by atoms with van der Waals surface area (Å²) in [4.78, 5) is 0.213. The SMILES string of the molecule is O=S(=O)(CC#CC(O)c1ccc2ccccc2c1)c1ccc(Br)cc1. The highest BCUT2D eigenvalue weighted by Gasteiger charge is 2.12. The second kappa shape index (κ2) is 7.40. The lowest BCUT2D eigenvalue weighted by Gasteiger charge is -2.06. The first-order valence-electron chi connectivity index (χ1n) is 7.59. The van der Waals surface area contributed by atoms with Crippen molar-refractivity contribution in [3.05, 3.63) is 76.8 Å². The average molecular weight is 415 g/mol. The fourth-order valence-corrected chi connectivity index (χ4v) is 3.67. The summed E-state index contributed by atoms with van der Waals surface area (Å²) in [5.74, 6) is 4.87. The lowest BCUT2D eigenvalue weighted by atomic mass is 10.0. The van der Waals surface area contributed by atoms with Crippen molar-refractivity contribution in [1.82, 2.24) is 0 Å². The van der Waals surface area contributed by atoms with Gasteiger partial charge >= 0.3 is 0 Å². The zero-order valence-corrected chi connectivity index (χ0v) is 15.6. The highest BCUT2D eigenvalue weighted by molar-refractivity contribution is 9.10. The van der Waals surface area contributed by atoms with Gasteiger partial charge in [0, 0.05) is 4.47 Å². The second-order valence-corrected chi connectivity index (χ2v) is 8.45. The molecule has 0 radical (unpaired) electrons. The Morgan fingerprint density at radius 3 is 2.36 bits per heavy atom. The van der Waals surface area contributed by atoms with Gasteiger partial charge in [-0.3, -0.25) is 0 Å². The van der Waals surface area contributed by atoms with Crippen molar-refractivity contribution in [2.45, 2.75) is 11.0 Å². The molecule has 3 rings (SSSR count). The van der Waals surface area contributed by atoms with E-state index in [1.54, 1.807) is 18.2 Å². The summed E-state index contributed by atoms with van der Waals surface area (Å²) in [6.07, 6.45) is -1.02. The first kappa shape index (κ1) is 17.7. The quantitative estimate of drug-likeness (QED) is 0.655. The maximum Gasteiger partial charge on any atom is 0.189 e. The Morgan fingerprint density at radius 1 is 0.960 bits per heavy atom. The Labute approximate surface area is 155 Å². The molecule has 3 aromatic rings. The van der Waals surface area contributed by atoms with Gasteiger partial charge in [-0.2, -0.15) is 0 Å². The smallest absolute Gasteiger partial charge is 0.189 e.